The summed E-state index contributed by atoms with van der Waals surface area (Å²) in [6.07, 6.45) is 0. The van der Waals surface area contributed by atoms with Crippen LogP contribution in [-0.4, -0.2) is 12.2 Å². The van der Waals surface area contributed by atoms with Crippen LogP contribution in [0.2, 0.25) is 5.02 Å². The van der Waals surface area contributed by atoms with E-state index in [-0.39, 0.29) is 5.75 Å². The maximum Gasteiger partial charge on any atom is 0.166 e. The molecule has 0 spiro atoms. The Bertz CT molecular complexity index is 851. The molecule has 0 aliphatic carbocycles. The van der Waals surface area contributed by atoms with Gasteiger partial charge in [0.25, 0.3) is 0 Å². The molecule has 0 aromatic heterocycles. The first kappa shape index (κ1) is 18.0. The number of hydrogen-bond acceptors (Lipinski definition) is 4. The van der Waals surface area contributed by atoms with E-state index < -0.39 is 0 Å². The number of nitrogens with one attached hydrogen (secondary N) is 1. The Morgan fingerprint density at radius 2 is 1.73 bits per heavy atom. The second kappa shape index (κ2) is 8.50. The molecule has 0 aliphatic heterocycles. The number of aromatic hydroxyl groups is 1. The Hall–Kier alpha value is -2.85. The highest BCUT2D eigenvalue weighted by atomic mass is 35.5. The van der Waals surface area contributed by atoms with Crippen molar-refractivity contribution in [2.24, 2.45) is 0 Å². The third kappa shape index (κ3) is 4.61. The monoisotopic (exact) mass is 369 g/mol. The van der Waals surface area contributed by atoms with Gasteiger partial charge in [-0.05, 0) is 35.9 Å². The quantitative estimate of drug-likeness (QED) is 0.559. The van der Waals surface area contributed by atoms with Crippen LogP contribution in [0.5, 0.6) is 17.2 Å². The summed E-state index contributed by atoms with van der Waals surface area (Å²) < 4.78 is 11.5. The molecule has 0 amide bonds. The smallest absolute Gasteiger partial charge is 0.166 e. The van der Waals surface area contributed by atoms with E-state index in [0.29, 0.717) is 29.7 Å². The number of hydrogen-bond donors (Lipinski definition) is 2. The summed E-state index contributed by atoms with van der Waals surface area (Å²) in [5.41, 5.74) is 2.84. The predicted octanol–water partition coefficient (Wildman–Crippen LogP) is 5.25. The SMILES string of the molecule is COc1cc(Cl)cc(CNc2ccc(O)cc2)c1OCc1ccccc1. The van der Waals surface area contributed by atoms with Crippen LogP contribution in [-0.2, 0) is 13.2 Å². The molecular weight excluding hydrogens is 350 g/mol. The molecule has 4 nitrogen and oxygen atoms in total. The van der Waals surface area contributed by atoms with Gasteiger partial charge in [0.1, 0.15) is 12.4 Å². The Labute approximate surface area is 158 Å². The molecule has 3 aromatic rings. The number of benzene rings is 3. The van der Waals surface area contributed by atoms with Crippen LogP contribution in [0.3, 0.4) is 0 Å². The fourth-order valence-corrected chi connectivity index (χ4v) is 2.81. The van der Waals surface area contributed by atoms with Gasteiger partial charge in [-0.2, -0.15) is 0 Å². The molecule has 0 aliphatic rings. The Kier molecular flexibility index (Phi) is 5.87. The van der Waals surface area contributed by atoms with Crippen LogP contribution < -0.4 is 14.8 Å². The molecule has 2 N–H and O–H groups in total. The van der Waals surface area contributed by atoms with Crippen molar-refractivity contribution in [2.45, 2.75) is 13.2 Å². The number of methoxy groups -OCH3 is 1. The van der Waals surface area contributed by atoms with E-state index >= 15 is 0 Å². The Morgan fingerprint density at radius 3 is 2.42 bits per heavy atom. The lowest BCUT2D eigenvalue weighted by Crippen LogP contribution is -2.05. The van der Waals surface area contributed by atoms with Crippen LogP contribution in [0.4, 0.5) is 5.69 Å². The summed E-state index contributed by atoms with van der Waals surface area (Å²) >= 11 is 6.22. The average molecular weight is 370 g/mol. The van der Waals surface area contributed by atoms with Gasteiger partial charge in [0, 0.05) is 28.9 Å². The summed E-state index contributed by atoms with van der Waals surface area (Å²) in [5.74, 6) is 1.48. The molecule has 0 heterocycles. The second-order valence-electron chi connectivity index (χ2n) is 5.77. The first-order valence-electron chi connectivity index (χ1n) is 8.22. The van der Waals surface area contributed by atoms with E-state index in [9.17, 15) is 5.11 Å². The molecule has 0 saturated carbocycles. The number of phenols is 1. The third-order valence-electron chi connectivity index (χ3n) is 3.89. The molecule has 0 bridgehead atoms. The molecule has 134 valence electrons. The standard InChI is InChI=1S/C21H20ClNO3/c1-25-20-12-17(22)11-16(13-23-18-7-9-19(24)10-8-18)21(20)26-14-15-5-3-2-4-6-15/h2-12,23-24H,13-14H2,1H3. The van der Waals surface area contributed by atoms with Crippen molar-refractivity contribution in [3.63, 3.8) is 0 Å². The fourth-order valence-electron chi connectivity index (χ4n) is 2.58. The van der Waals surface area contributed by atoms with Crippen LogP contribution in [0.1, 0.15) is 11.1 Å². The first-order chi connectivity index (χ1) is 12.7. The lowest BCUT2D eigenvalue weighted by atomic mass is 10.1. The second-order valence-corrected chi connectivity index (χ2v) is 6.21. The highest BCUT2D eigenvalue weighted by Gasteiger charge is 2.13. The highest BCUT2D eigenvalue weighted by Crippen LogP contribution is 2.35. The number of halogens is 1. The molecule has 0 unspecified atom stereocenters. The molecule has 0 fully saturated rings. The van der Waals surface area contributed by atoms with E-state index in [1.807, 2.05) is 48.5 Å². The van der Waals surface area contributed by atoms with Crippen molar-refractivity contribution in [1.82, 2.24) is 0 Å². The van der Waals surface area contributed by atoms with Crippen molar-refractivity contribution in [1.29, 1.82) is 0 Å². The van der Waals surface area contributed by atoms with Crippen LogP contribution >= 0.6 is 11.6 Å². The average Bonchev–Trinajstić information content (AvgIpc) is 2.67. The van der Waals surface area contributed by atoms with Crippen molar-refractivity contribution >= 4 is 17.3 Å². The van der Waals surface area contributed by atoms with Crippen molar-refractivity contribution in [2.75, 3.05) is 12.4 Å². The molecule has 26 heavy (non-hydrogen) atoms. The van der Waals surface area contributed by atoms with Crippen LogP contribution in [0.15, 0.2) is 66.7 Å². The summed E-state index contributed by atoms with van der Waals surface area (Å²) in [5, 5.41) is 13.3. The van der Waals surface area contributed by atoms with Gasteiger partial charge < -0.3 is 19.9 Å². The van der Waals surface area contributed by atoms with E-state index in [4.69, 9.17) is 21.1 Å². The minimum atomic E-state index is 0.229. The predicted molar refractivity (Wildman–Crippen MR) is 104 cm³/mol. The van der Waals surface area contributed by atoms with Crippen molar-refractivity contribution in [3.05, 3.63) is 82.9 Å². The summed E-state index contributed by atoms with van der Waals surface area (Å²) in [7, 11) is 1.60. The highest BCUT2D eigenvalue weighted by molar-refractivity contribution is 6.30. The van der Waals surface area contributed by atoms with E-state index in [2.05, 4.69) is 5.32 Å². The molecule has 5 heteroatoms. The lowest BCUT2D eigenvalue weighted by molar-refractivity contribution is 0.281. The van der Waals surface area contributed by atoms with Crippen LogP contribution in [0.25, 0.3) is 0 Å². The number of ether oxygens (including phenoxy) is 2. The van der Waals surface area contributed by atoms with Crippen molar-refractivity contribution in [3.8, 4) is 17.2 Å². The van der Waals surface area contributed by atoms with Gasteiger partial charge in [0.05, 0.1) is 7.11 Å². The minimum absolute atomic E-state index is 0.229. The normalized spacial score (nSPS) is 10.4. The zero-order chi connectivity index (χ0) is 18.4. The van der Waals surface area contributed by atoms with Gasteiger partial charge in [0.15, 0.2) is 11.5 Å². The Balaban J connectivity index is 1.80. The lowest BCUT2D eigenvalue weighted by Gasteiger charge is -2.17. The van der Waals surface area contributed by atoms with Gasteiger partial charge in [0.2, 0.25) is 0 Å². The van der Waals surface area contributed by atoms with Gasteiger partial charge in [-0.15, -0.1) is 0 Å². The molecule has 0 atom stereocenters. The van der Waals surface area contributed by atoms with Gasteiger partial charge in [-0.3, -0.25) is 0 Å². The third-order valence-corrected chi connectivity index (χ3v) is 4.11. The van der Waals surface area contributed by atoms with E-state index in [1.54, 1.807) is 25.3 Å². The van der Waals surface area contributed by atoms with Gasteiger partial charge in [-0.25, -0.2) is 0 Å². The summed E-state index contributed by atoms with van der Waals surface area (Å²) in [6, 6.07) is 20.4. The molecule has 0 saturated heterocycles. The van der Waals surface area contributed by atoms with E-state index in [1.165, 1.54) is 0 Å². The molecule has 3 aromatic carbocycles. The largest absolute Gasteiger partial charge is 0.508 e. The Morgan fingerprint density at radius 1 is 1.00 bits per heavy atom. The topological polar surface area (TPSA) is 50.7 Å². The maximum absolute atomic E-state index is 9.39. The maximum atomic E-state index is 9.39. The van der Waals surface area contributed by atoms with Gasteiger partial charge >= 0.3 is 0 Å². The van der Waals surface area contributed by atoms with E-state index in [0.717, 1.165) is 16.8 Å². The summed E-state index contributed by atoms with van der Waals surface area (Å²) in [4.78, 5) is 0. The summed E-state index contributed by atoms with van der Waals surface area (Å²) in [6.45, 7) is 0.941. The number of anilines is 1. The number of phenolic OH excluding ortho intramolecular Hbond substituents is 1. The van der Waals surface area contributed by atoms with Gasteiger partial charge in [-0.1, -0.05) is 41.9 Å². The molecular formula is C21H20ClNO3. The molecule has 3 rings (SSSR count). The zero-order valence-corrected chi connectivity index (χ0v) is 15.2. The molecule has 0 radical (unpaired) electrons. The first-order valence-corrected chi connectivity index (χ1v) is 8.59. The fraction of sp³-hybridized carbons (Fsp3) is 0.143. The zero-order valence-electron chi connectivity index (χ0n) is 14.4. The minimum Gasteiger partial charge on any atom is -0.508 e. The van der Waals surface area contributed by atoms with Crippen molar-refractivity contribution < 1.29 is 14.6 Å². The van der Waals surface area contributed by atoms with Crippen LogP contribution in [0, 0.1) is 0 Å². The number of rotatable bonds is 7.